The number of ether oxygens (including phenoxy) is 1. The summed E-state index contributed by atoms with van der Waals surface area (Å²) in [5.41, 5.74) is 1.83. The van der Waals surface area contributed by atoms with Crippen molar-refractivity contribution in [1.82, 2.24) is 0 Å². The van der Waals surface area contributed by atoms with Crippen molar-refractivity contribution in [3.63, 3.8) is 0 Å². The number of carbonyl (C=O) groups excluding carboxylic acids is 1. The van der Waals surface area contributed by atoms with Gasteiger partial charge >= 0.3 is 5.97 Å². The molecule has 1 aliphatic heterocycles. The lowest BCUT2D eigenvalue weighted by atomic mass is 10.0. The fourth-order valence-electron chi connectivity index (χ4n) is 1.94. The number of rotatable bonds is 1. The van der Waals surface area contributed by atoms with Crippen molar-refractivity contribution in [2.45, 2.75) is 0 Å². The van der Waals surface area contributed by atoms with Crippen molar-refractivity contribution in [1.29, 1.82) is 0 Å². The van der Waals surface area contributed by atoms with Crippen LogP contribution in [-0.4, -0.2) is 5.97 Å². The molecular weight excluding hydrogens is 231 g/mol. The first kappa shape index (κ1) is 10.7. The van der Waals surface area contributed by atoms with Crippen molar-refractivity contribution in [2.75, 3.05) is 0 Å². The minimum Gasteiger partial charge on any atom is -0.422 e. The normalized spacial score (nSPS) is 15.6. The maximum absolute atomic E-state index is 13.1. The summed E-state index contributed by atoms with van der Waals surface area (Å²) >= 11 is 0. The lowest BCUT2D eigenvalue weighted by Gasteiger charge is -1.97. The topological polar surface area (TPSA) is 26.3 Å². The molecule has 2 aromatic rings. The Morgan fingerprint density at radius 3 is 2.72 bits per heavy atom. The summed E-state index contributed by atoms with van der Waals surface area (Å²) in [5, 5.41) is 0. The summed E-state index contributed by atoms with van der Waals surface area (Å²) in [6, 6.07) is 13.3. The number of esters is 1. The third kappa shape index (κ3) is 1.80. The van der Waals surface area contributed by atoms with E-state index in [9.17, 15) is 9.18 Å². The first-order valence-electron chi connectivity index (χ1n) is 5.53. The predicted octanol–water partition coefficient (Wildman–Crippen LogP) is 3.29. The number of fused-ring (bicyclic) bond motifs is 1. The average molecular weight is 240 g/mol. The highest BCUT2D eigenvalue weighted by atomic mass is 19.1. The highest BCUT2D eigenvalue weighted by Crippen LogP contribution is 2.34. The van der Waals surface area contributed by atoms with Crippen LogP contribution in [-0.2, 0) is 4.79 Å². The highest BCUT2D eigenvalue weighted by molar-refractivity contribution is 6.25. The molecular formula is C15H9FO2. The quantitative estimate of drug-likeness (QED) is 0.434. The number of hydrogen-bond donors (Lipinski definition) is 0. The monoisotopic (exact) mass is 240 g/mol. The third-order valence-corrected chi connectivity index (χ3v) is 2.76. The zero-order chi connectivity index (χ0) is 12.5. The van der Waals surface area contributed by atoms with E-state index >= 15 is 0 Å². The molecule has 0 amide bonds. The molecule has 0 atom stereocenters. The molecule has 88 valence electrons. The third-order valence-electron chi connectivity index (χ3n) is 2.76. The van der Waals surface area contributed by atoms with Gasteiger partial charge in [0.1, 0.15) is 11.6 Å². The van der Waals surface area contributed by atoms with Crippen LogP contribution >= 0.6 is 0 Å². The van der Waals surface area contributed by atoms with E-state index in [1.807, 2.05) is 12.1 Å². The second-order valence-electron chi connectivity index (χ2n) is 4.00. The van der Waals surface area contributed by atoms with E-state index in [2.05, 4.69) is 0 Å². The molecule has 18 heavy (non-hydrogen) atoms. The molecule has 3 heteroatoms. The van der Waals surface area contributed by atoms with Gasteiger partial charge in [0.15, 0.2) is 0 Å². The Morgan fingerprint density at radius 1 is 1.06 bits per heavy atom. The molecule has 0 saturated heterocycles. The minimum atomic E-state index is -0.402. The Balaban J connectivity index is 2.10. The number of benzene rings is 2. The summed E-state index contributed by atoms with van der Waals surface area (Å²) in [6.07, 6.45) is 1.64. The lowest BCUT2D eigenvalue weighted by Crippen LogP contribution is -2.00. The summed E-state index contributed by atoms with van der Waals surface area (Å²) in [6.45, 7) is 0. The molecule has 0 N–H and O–H groups in total. The summed E-state index contributed by atoms with van der Waals surface area (Å²) in [7, 11) is 0. The van der Waals surface area contributed by atoms with Gasteiger partial charge in [-0.2, -0.15) is 0 Å². The Morgan fingerprint density at radius 2 is 1.89 bits per heavy atom. The Hall–Kier alpha value is -2.42. The smallest absolute Gasteiger partial charge is 0.344 e. The first-order valence-corrected chi connectivity index (χ1v) is 5.53. The Kier molecular flexibility index (Phi) is 2.45. The molecule has 0 aliphatic carbocycles. The van der Waals surface area contributed by atoms with Crippen molar-refractivity contribution in [3.05, 3.63) is 65.5 Å². The first-order chi connectivity index (χ1) is 8.74. The van der Waals surface area contributed by atoms with Crippen LogP contribution in [0, 0.1) is 5.82 Å². The standard InChI is InChI=1S/C15H9FO2/c16-11-5-3-4-10(8-11)9-13-12-6-1-2-7-14(12)18-15(13)17/h1-9H. The van der Waals surface area contributed by atoms with E-state index < -0.39 is 5.97 Å². The minimum absolute atomic E-state index is 0.330. The lowest BCUT2D eigenvalue weighted by molar-refractivity contribution is -0.126. The van der Waals surface area contributed by atoms with Crippen LogP contribution < -0.4 is 4.74 Å². The zero-order valence-electron chi connectivity index (χ0n) is 9.39. The van der Waals surface area contributed by atoms with E-state index in [1.54, 1.807) is 30.3 Å². The molecule has 2 nitrogen and oxygen atoms in total. The second kappa shape index (κ2) is 4.11. The van der Waals surface area contributed by atoms with Gasteiger partial charge in [-0.25, -0.2) is 9.18 Å². The van der Waals surface area contributed by atoms with Crippen molar-refractivity contribution in [3.8, 4) is 5.75 Å². The molecule has 3 rings (SSSR count). The van der Waals surface area contributed by atoms with E-state index in [0.717, 1.165) is 5.56 Å². The van der Waals surface area contributed by atoms with Crippen LogP contribution in [0.3, 0.4) is 0 Å². The van der Waals surface area contributed by atoms with Gasteiger partial charge in [0.05, 0.1) is 5.57 Å². The van der Waals surface area contributed by atoms with Crippen molar-refractivity contribution in [2.24, 2.45) is 0 Å². The van der Waals surface area contributed by atoms with E-state index in [1.165, 1.54) is 12.1 Å². The van der Waals surface area contributed by atoms with Gasteiger partial charge in [-0.05, 0) is 29.8 Å². The van der Waals surface area contributed by atoms with E-state index in [-0.39, 0.29) is 5.82 Å². The van der Waals surface area contributed by atoms with Gasteiger partial charge < -0.3 is 4.74 Å². The van der Waals surface area contributed by atoms with Gasteiger partial charge in [-0.1, -0.05) is 30.3 Å². The molecule has 0 fully saturated rings. The molecule has 0 spiro atoms. The van der Waals surface area contributed by atoms with Crippen molar-refractivity contribution < 1.29 is 13.9 Å². The van der Waals surface area contributed by atoms with Crippen LogP contribution in [0.4, 0.5) is 4.39 Å². The summed E-state index contributed by atoms with van der Waals surface area (Å²) in [4.78, 5) is 11.7. The number of halogens is 1. The van der Waals surface area contributed by atoms with Gasteiger partial charge in [0.2, 0.25) is 0 Å². The molecule has 0 radical (unpaired) electrons. The predicted molar refractivity (Wildman–Crippen MR) is 66.3 cm³/mol. The summed E-state index contributed by atoms with van der Waals surface area (Å²) < 4.78 is 18.2. The van der Waals surface area contributed by atoms with Crippen LogP contribution in [0.5, 0.6) is 5.75 Å². The highest BCUT2D eigenvalue weighted by Gasteiger charge is 2.25. The number of para-hydroxylation sites is 1. The fourth-order valence-corrected chi connectivity index (χ4v) is 1.94. The SMILES string of the molecule is O=C1Oc2ccccc2C1=Cc1cccc(F)c1. The van der Waals surface area contributed by atoms with E-state index in [0.29, 0.717) is 16.9 Å². The van der Waals surface area contributed by atoms with Crippen LogP contribution in [0.1, 0.15) is 11.1 Å². The van der Waals surface area contributed by atoms with Crippen LogP contribution in [0.25, 0.3) is 11.6 Å². The average Bonchev–Trinajstić information content (AvgIpc) is 2.66. The van der Waals surface area contributed by atoms with Crippen LogP contribution in [0.2, 0.25) is 0 Å². The molecule has 0 saturated carbocycles. The Labute approximate surface area is 103 Å². The second-order valence-corrected chi connectivity index (χ2v) is 4.00. The zero-order valence-corrected chi connectivity index (χ0v) is 9.39. The number of carbonyl (C=O) groups is 1. The van der Waals surface area contributed by atoms with Gasteiger partial charge in [0.25, 0.3) is 0 Å². The molecule has 1 heterocycles. The largest absolute Gasteiger partial charge is 0.422 e. The van der Waals surface area contributed by atoms with Crippen molar-refractivity contribution >= 4 is 17.6 Å². The maximum atomic E-state index is 13.1. The number of hydrogen-bond acceptors (Lipinski definition) is 2. The maximum Gasteiger partial charge on any atom is 0.344 e. The van der Waals surface area contributed by atoms with Gasteiger partial charge in [-0.3, -0.25) is 0 Å². The molecule has 1 aliphatic rings. The van der Waals surface area contributed by atoms with Crippen LogP contribution in [0.15, 0.2) is 48.5 Å². The Bertz CT molecular complexity index is 659. The molecule has 0 aromatic heterocycles. The van der Waals surface area contributed by atoms with Gasteiger partial charge in [-0.15, -0.1) is 0 Å². The summed E-state index contributed by atoms with van der Waals surface area (Å²) in [5.74, 6) is -0.186. The fraction of sp³-hybridized carbons (Fsp3) is 0. The van der Waals surface area contributed by atoms with Gasteiger partial charge in [0, 0.05) is 5.56 Å². The molecule has 2 aromatic carbocycles. The molecule has 0 unspecified atom stereocenters. The molecule has 0 bridgehead atoms. The van der Waals surface area contributed by atoms with E-state index in [4.69, 9.17) is 4.74 Å².